The summed E-state index contributed by atoms with van der Waals surface area (Å²) < 4.78 is 5.16. The van der Waals surface area contributed by atoms with Gasteiger partial charge < -0.3 is 10.5 Å². The Morgan fingerprint density at radius 3 is 2.68 bits per heavy atom. The van der Waals surface area contributed by atoms with Crippen molar-refractivity contribution in [3.05, 3.63) is 58.9 Å². The van der Waals surface area contributed by atoms with Gasteiger partial charge in [0.05, 0.1) is 11.4 Å². The fourth-order valence-corrected chi connectivity index (χ4v) is 1.71. The summed E-state index contributed by atoms with van der Waals surface area (Å²) in [6.45, 7) is 0.148. The first kappa shape index (κ1) is 13.4. The standard InChI is InChI=1S/C14H13ClN2O2/c15-13-8-17-6-5-11(13)9-19-14(18)7-10-1-3-12(16)4-2-10/h1-6,8H,7,9,16H2. The Kier molecular flexibility index (Phi) is 4.36. The largest absolute Gasteiger partial charge is 0.460 e. The van der Waals surface area contributed by atoms with Crippen LogP contribution in [-0.2, 0) is 22.6 Å². The van der Waals surface area contributed by atoms with Gasteiger partial charge in [0.15, 0.2) is 0 Å². The van der Waals surface area contributed by atoms with Crippen molar-refractivity contribution in [1.82, 2.24) is 4.98 Å². The molecule has 0 fully saturated rings. The highest BCUT2D eigenvalue weighted by Crippen LogP contribution is 2.14. The van der Waals surface area contributed by atoms with E-state index < -0.39 is 0 Å². The van der Waals surface area contributed by atoms with Crippen molar-refractivity contribution >= 4 is 23.3 Å². The monoisotopic (exact) mass is 276 g/mol. The number of ether oxygens (including phenoxy) is 1. The molecule has 0 saturated carbocycles. The molecule has 0 unspecified atom stereocenters. The summed E-state index contributed by atoms with van der Waals surface area (Å²) in [4.78, 5) is 15.5. The van der Waals surface area contributed by atoms with Crippen LogP contribution in [0.5, 0.6) is 0 Å². The van der Waals surface area contributed by atoms with Crippen molar-refractivity contribution in [1.29, 1.82) is 0 Å². The highest BCUT2D eigenvalue weighted by Gasteiger charge is 2.07. The Hall–Kier alpha value is -2.07. The number of hydrogen-bond acceptors (Lipinski definition) is 4. The van der Waals surface area contributed by atoms with E-state index in [1.807, 2.05) is 0 Å². The van der Waals surface area contributed by atoms with Gasteiger partial charge in [0.25, 0.3) is 0 Å². The summed E-state index contributed by atoms with van der Waals surface area (Å²) in [6.07, 6.45) is 3.34. The van der Waals surface area contributed by atoms with Crippen molar-refractivity contribution in [2.24, 2.45) is 0 Å². The van der Waals surface area contributed by atoms with Gasteiger partial charge in [-0.3, -0.25) is 9.78 Å². The van der Waals surface area contributed by atoms with E-state index in [0.29, 0.717) is 10.7 Å². The number of nitrogens with zero attached hydrogens (tertiary/aromatic N) is 1. The molecule has 0 radical (unpaired) electrons. The number of pyridine rings is 1. The summed E-state index contributed by atoms with van der Waals surface area (Å²) >= 11 is 5.92. The molecule has 0 aliphatic carbocycles. The van der Waals surface area contributed by atoms with Gasteiger partial charge in [0.2, 0.25) is 0 Å². The number of hydrogen-bond donors (Lipinski definition) is 1. The molecule has 0 aliphatic heterocycles. The number of benzene rings is 1. The average Bonchev–Trinajstić information content (AvgIpc) is 2.40. The van der Waals surface area contributed by atoms with Crippen LogP contribution in [0.3, 0.4) is 0 Å². The fourth-order valence-electron chi connectivity index (χ4n) is 1.53. The van der Waals surface area contributed by atoms with Gasteiger partial charge in [-0.25, -0.2) is 0 Å². The van der Waals surface area contributed by atoms with Crippen molar-refractivity contribution in [2.45, 2.75) is 13.0 Å². The van der Waals surface area contributed by atoms with Crippen LogP contribution in [0.4, 0.5) is 5.69 Å². The van der Waals surface area contributed by atoms with Gasteiger partial charge in [0.1, 0.15) is 6.61 Å². The SMILES string of the molecule is Nc1ccc(CC(=O)OCc2ccncc2Cl)cc1. The number of aromatic nitrogens is 1. The molecule has 0 spiro atoms. The highest BCUT2D eigenvalue weighted by atomic mass is 35.5. The van der Waals surface area contributed by atoms with Crippen LogP contribution >= 0.6 is 11.6 Å². The van der Waals surface area contributed by atoms with Crippen molar-refractivity contribution in [2.75, 3.05) is 5.73 Å². The summed E-state index contributed by atoms with van der Waals surface area (Å²) in [5.74, 6) is -0.308. The van der Waals surface area contributed by atoms with Gasteiger partial charge in [0, 0.05) is 23.6 Å². The minimum absolute atomic E-state index is 0.148. The van der Waals surface area contributed by atoms with Gasteiger partial charge >= 0.3 is 5.97 Å². The van der Waals surface area contributed by atoms with E-state index in [1.54, 1.807) is 36.5 Å². The maximum absolute atomic E-state index is 11.7. The molecule has 1 heterocycles. The number of nitrogen functional groups attached to an aromatic ring is 1. The molecule has 98 valence electrons. The van der Waals surface area contributed by atoms with Gasteiger partial charge in [-0.05, 0) is 23.8 Å². The third kappa shape index (κ3) is 3.96. The van der Waals surface area contributed by atoms with Gasteiger partial charge in [-0.2, -0.15) is 0 Å². The molecule has 4 nitrogen and oxygen atoms in total. The Balaban J connectivity index is 1.88. The van der Waals surface area contributed by atoms with Gasteiger partial charge in [-0.15, -0.1) is 0 Å². The lowest BCUT2D eigenvalue weighted by Gasteiger charge is -2.06. The summed E-state index contributed by atoms with van der Waals surface area (Å²) in [5, 5.41) is 0.489. The van der Waals surface area contributed by atoms with Crippen LogP contribution in [0.25, 0.3) is 0 Å². The molecule has 0 atom stereocenters. The predicted octanol–water partition coefficient (Wildman–Crippen LogP) is 2.60. The zero-order chi connectivity index (χ0) is 13.7. The number of rotatable bonds is 4. The Bertz CT molecular complexity index is 570. The number of esters is 1. The topological polar surface area (TPSA) is 65.2 Å². The van der Waals surface area contributed by atoms with Crippen LogP contribution in [0, 0.1) is 0 Å². The molecule has 2 rings (SSSR count). The average molecular weight is 277 g/mol. The number of halogens is 1. The first-order valence-corrected chi connectivity index (χ1v) is 6.11. The molecule has 1 aromatic carbocycles. The molecule has 0 aliphatic rings. The zero-order valence-electron chi connectivity index (χ0n) is 10.2. The third-order valence-corrected chi connectivity index (χ3v) is 2.91. The second-order valence-corrected chi connectivity index (χ2v) is 4.45. The Morgan fingerprint density at radius 1 is 1.26 bits per heavy atom. The molecular weight excluding hydrogens is 264 g/mol. The fraction of sp³-hybridized carbons (Fsp3) is 0.143. The number of anilines is 1. The summed E-state index contributed by atoms with van der Waals surface area (Å²) in [7, 11) is 0. The lowest BCUT2D eigenvalue weighted by molar-refractivity contribution is -0.144. The summed E-state index contributed by atoms with van der Waals surface area (Å²) in [5.41, 5.74) is 7.84. The minimum Gasteiger partial charge on any atom is -0.460 e. The zero-order valence-corrected chi connectivity index (χ0v) is 10.9. The second kappa shape index (κ2) is 6.20. The lowest BCUT2D eigenvalue weighted by Crippen LogP contribution is -2.08. The van der Waals surface area contributed by atoms with E-state index in [4.69, 9.17) is 22.1 Å². The first-order chi connectivity index (χ1) is 9.15. The second-order valence-electron chi connectivity index (χ2n) is 4.05. The molecular formula is C14H13ClN2O2. The van der Waals surface area contributed by atoms with Crippen LogP contribution in [-0.4, -0.2) is 11.0 Å². The molecule has 2 aromatic rings. The highest BCUT2D eigenvalue weighted by molar-refractivity contribution is 6.31. The quantitative estimate of drug-likeness (QED) is 0.689. The van der Waals surface area contributed by atoms with Crippen molar-refractivity contribution < 1.29 is 9.53 Å². The number of nitrogens with two attached hydrogens (primary N) is 1. The smallest absolute Gasteiger partial charge is 0.310 e. The molecule has 0 saturated heterocycles. The van der Waals surface area contributed by atoms with Crippen molar-refractivity contribution in [3.8, 4) is 0 Å². The van der Waals surface area contributed by atoms with E-state index in [0.717, 1.165) is 11.1 Å². The molecule has 1 aromatic heterocycles. The van der Waals surface area contributed by atoms with Gasteiger partial charge in [-0.1, -0.05) is 23.7 Å². The molecule has 5 heteroatoms. The van der Waals surface area contributed by atoms with E-state index in [-0.39, 0.29) is 19.0 Å². The number of carbonyl (C=O) groups is 1. The van der Waals surface area contributed by atoms with E-state index in [2.05, 4.69) is 4.98 Å². The number of carbonyl (C=O) groups excluding carboxylic acids is 1. The maximum atomic E-state index is 11.7. The summed E-state index contributed by atoms with van der Waals surface area (Å²) in [6, 6.07) is 8.83. The van der Waals surface area contributed by atoms with Crippen molar-refractivity contribution in [3.63, 3.8) is 0 Å². The Labute approximate surface area is 116 Å². The van der Waals surface area contributed by atoms with Crippen LogP contribution in [0.2, 0.25) is 5.02 Å². The maximum Gasteiger partial charge on any atom is 0.310 e. The van der Waals surface area contributed by atoms with Crippen LogP contribution in [0.15, 0.2) is 42.7 Å². The minimum atomic E-state index is -0.308. The predicted molar refractivity (Wildman–Crippen MR) is 73.6 cm³/mol. The van der Waals surface area contributed by atoms with E-state index in [1.165, 1.54) is 6.20 Å². The molecule has 0 bridgehead atoms. The molecule has 2 N–H and O–H groups in total. The van der Waals surface area contributed by atoms with E-state index in [9.17, 15) is 4.79 Å². The normalized spacial score (nSPS) is 10.2. The van der Waals surface area contributed by atoms with Crippen LogP contribution < -0.4 is 5.73 Å². The Morgan fingerprint density at radius 2 is 2.00 bits per heavy atom. The van der Waals surface area contributed by atoms with Crippen LogP contribution in [0.1, 0.15) is 11.1 Å². The molecule has 0 amide bonds. The lowest BCUT2D eigenvalue weighted by atomic mass is 10.1. The molecule has 19 heavy (non-hydrogen) atoms. The third-order valence-electron chi connectivity index (χ3n) is 2.57. The first-order valence-electron chi connectivity index (χ1n) is 5.73. The van der Waals surface area contributed by atoms with E-state index >= 15 is 0 Å².